The van der Waals surface area contributed by atoms with E-state index in [-0.39, 0.29) is 5.41 Å². The Hall–Kier alpha value is -15.9. The smallest absolute Gasteiger partial charge is 0.172 e. The van der Waals surface area contributed by atoms with E-state index in [0.717, 1.165) is 86.8 Å². The summed E-state index contributed by atoms with van der Waals surface area (Å²) in [7, 11) is -6.81. The zero-order valence-electron chi connectivity index (χ0n) is 75.6. The number of rotatable bonds is 8. The normalized spacial score (nSPS) is 15.2. The van der Waals surface area contributed by atoms with Crippen molar-refractivity contribution in [1.82, 2.24) is 4.98 Å². The van der Waals surface area contributed by atoms with E-state index >= 15 is 9.13 Å². The lowest BCUT2D eigenvalue weighted by molar-refractivity contribution is 0.591. The summed E-state index contributed by atoms with van der Waals surface area (Å²) in [5, 5.41) is 17.1. The average Bonchev–Trinajstić information content (AvgIpc) is 1.49. The third kappa shape index (κ3) is 11.1. The van der Waals surface area contributed by atoms with E-state index < -0.39 is 25.1 Å². The van der Waals surface area contributed by atoms with E-state index in [1.807, 2.05) is 94.7 Å². The Labute approximate surface area is 822 Å². The van der Waals surface area contributed by atoms with Gasteiger partial charge >= 0.3 is 0 Å². The SMILES string of the molecule is O=P(c1cccc2c1C1(c3ccccc3-2)c2ccccc2-c2sc3ccccc3c21)(c1cccc2ccccc12)c1cccc2ccccc12.O=P(c1ccccc1)(c1ccccc1)c1cccc2c1-c1ccccc1C21c2ccccc2-c2sc3ccccc3c21.c1ccc2c(c1)-c1ccccc1C21c2ccc(-c3cc(-c4ccc5ccccc5c4)c4ccccc4n3)cc2-c2sc3ccccc3c21. The van der Waals surface area contributed by atoms with Gasteiger partial charge in [-0.2, -0.15) is 0 Å². The summed E-state index contributed by atoms with van der Waals surface area (Å²) >= 11 is 5.69. The molecule has 0 bridgehead atoms. The first-order valence-electron chi connectivity index (χ1n) is 48.0. The molecule has 4 aromatic heterocycles. The standard InChI is InChI=1S/C47H29OPS.C46H27NS.C39H25OPS/c48-49(40-26-11-16-30-14-1-3-18-32(30)40,41-27-12-17-31-15-2-4-19-33(31)41)42-28-13-23-35-34-20-5-8-24-38(34)47(44(35)42)39-25-9-6-21-36(39)46-45(47)37-22-7-10-29-43(37)50-46;1-2-12-29-25-30(22-21-28(29)11-1)36-27-42(47-41-19-9-5-15-34(36)41)31-23-24-40-37(26-31)45-44(35-16-6-10-20-43(35)48-45)46(40)38-17-7-3-13-32(38)33-14-4-8-18-39(33)46;40-41(26-14-3-1-4-15-26,27-16-5-2-6-17-27)34-24-13-23-33-36(34)28-18-7-10-21-31(28)39(33)32-22-11-8-19-29(32)38-37(39)30-20-9-12-25-35(30)42-38/h1-29H;1-27H;1-25H. The number of benzene rings is 21. The Balaban J connectivity index is 0.000000101. The molecule has 6 aliphatic carbocycles. The minimum absolute atomic E-state index is 0.358. The molecule has 4 heterocycles. The minimum atomic E-state index is -3.58. The molecule has 0 N–H and O–H groups in total. The second-order valence-electron chi connectivity index (χ2n) is 37.6. The molecule has 3 nitrogen and oxygen atoms in total. The van der Waals surface area contributed by atoms with Gasteiger partial charge in [0.05, 0.1) is 27.5 Å². The molecular formula is C132H81NO2P2S3. The van der Waals surface area contributed by atoms with Crippen LogP contribution >= 0.6 is 48.3 Å². The molecular weight excluding hydrogens is 1790 g/mol. The first-order valence-corrected chi connectivity index (χ1v) is 53.8. The maximum atomic E-state index is 17.3. The second-order valence-corrected chi connectivity index (χ2v) is 46.2. The number of nitrogens with zero attached hydrogens (tertiary/aromatic N) is 1. The molecule has 25 aromatic rings. The van der Waals surface area contributed by atoms with Crippen molar-refractivity contribution in [2.45, 2.75) is 16.2 Å². The van der Waals surface area contributed by atoms with Crippen molar-refractivity contribution in [3.8, 4) is 87.1 Å². The lowest BCUT2D eigenvalue weighted by Gasteiger charge is -2.34. The monoisotopic (exact) mass is 1870 g/mol. The van der Waals surface area contributed by atoms with E-state index in [0.29, 0.717) is 0 Å². The van der Waals surface area contributed by atoms with Gasteiger partial charge in [-0.05, 0) is 219 Å². The molecule has 0 radical (unpaired) electrons. The van der Waals surface area contributed by atoms with Crippen LogP contribution in [0.1, 0.15) is 66.8 Å². The minimum Gasteiger partial charge on any atom is -0.309 e. The number of pyridine rings is 1. The predicted octanol–water partition coefficient (Wildman–Crippen LogP) is 32.4. The van der Waals surface area contributed by atoms with Crippen LogP contribution in [0.5, 0.6) is 0 Å². The van der Waals surface area contributed by atoms with Gasteiger partial charge in [-0.3, -0.25) is 0 Å². The van der Waals surface area contributed by atoms with Crippen molar-refractivity contribution in [2.24, 2.45) is 0 Å². The van der Waals surface area contributed by atoms with Crippen molar-refractivity contribution in [3.63, 3.8) is 0 Å². The topological polar surface area (TPSA) is 47.0 Å². The van der Waals surface area contributed by atoms with Crippen LogP contribution in [-0.2, 0) is 25.4 Å². The molecule has 0 aliphatic heterocycles. The lowest BCUT2D eigenvalue weighted by Crippen LogP contribution is -2.35. The van der Waals surface area contributed by atoms with E-state index in [4.69, 9.17) is 4.98 Å². The summed E-state index contributed by atoms with van der Waals surface area (Å²) in [6.07, 6.45) is 0. The van der Waals surface area contributed by atoms with Gasteiger partial charge in [-0.15, -0.1) is 34.0 Å². The highest BCUT2D eigenvalue weighted by Crippen LogP contribution is 2.71. The summed E-state index contributed by atoms with van der Waals surface area (Å²) in [5.41, 5.74) is 31.0. The number of thiophene rings is 3. The molecule has 0 saturated carbocycles. The third-order valence-electron chi connectivity index (χ3n) is 31.0. The van der Waals surface area contributed by atoms with Gasteiger partial charge in [-0.25, -0.2) is 4.98 Å². The van der Waals surface area contributed by atoms with E-state index in [2.05, 4.69) is 431 Å². The van der Waals surface area contributed by atoms with Crippen molar-refractivity contribution in [1.29, 1.82) is 0 Å². The summed E-state index contributed by atoms with van der Waals surface area (Å²) in [4.78, 5) is 9.30. The Morgan fingerprint density at radius 2 is 0.557 bits per heavy atom. The molecule has 0 fully saturated rings. The van der Waals surface area contributed by atoms with Crippen LogP contribution in [0.15, 0.2) is 491 Å². The number of fused-ring (bicyclic) bond motifs is 40. The van der Waals surface area contributed by atoms with Crippen molar-refractivity contribution < 1.29 is 9.13 Å². The molecule has 0 saturated heterocycles. The first-order chi connectivity index (χ1) is 69.2. The molecule has 2 unspecified atom stereocenters. The summed E-state index contributed by atoms with van der Waals surface area (Å²) in [5.74, 6) is 0. The van der Waals surface area contributed by atoms with Crippen LogP contribution in [-0.4, -0.2) is 4.98 Å². The maximum Gasteiger partial charge on any atom is 0.172 e. The van der Waals surface area contributed by atoms with Crippen LogP contribution in [0.4, 0.5) is 0 Å². The Kier molecular flexibility index (Phi) is 18.1. The van der Waals surface area contributed by atoms with Gasteiger partial charge in [0.25, 0.3) is 0 Å². The summed E-state index contributed by atoms with van der Waals surface area (Å²) in [6, 6.07) is 176. The Morgan fingerprint density at radius 3 is 1.12 bits per heavy atom. The van der Waals surface area contributed by atoms with E-state index in [1.165, 1.54) is 172 Å². The molecule has 8 heteroatoms. The quantitative estimate of drug-likeness (QED) is 0.142. The molecule has 654 valence electrons. The fraction of sp³-hybridized carbons (Fsp3) is 0.0227. The van der Waals surface area contributed by atoms with Crippen LogP contribution in [0.2, 0.25) is 0 Å². The lowest BCUT2D eigenvalue weighted by atomic mass is 9.70. The van der Waals surface area contributed by atoms with Gasteiger partial charge < -0.3 is 9.13 Å². The maximum absolute atomic E-state index is 17.3. The Morgan fingerprint density at radius 1 is 0.200 bits per heavy atom. The Bertz CT molecular complexity index is 9540. The van der Waals surface area contributed by atoms with Gasteiger partial charge in [0.2, 0.25) is 0 Å². The molecule has 0 amide bonds. The van der Waals surface area contributed by atoms with Crippen LogP contribution in [0, 0.1) is 0 Å². The number of aromatic nitrogens is 1. The average molecular weight is 1870 g/mol. The van der Waals surface area contributed by atoms with Crippen molar-refractivity contribution in [2.75, 3.05) is 0 Å². The van der Waals surface area contributed by atoms with E-state index in [9.17, 15) is 0 Å². The van der Waals surface area contributed by atoms with Crippen molar-refractivity contribution >= 4 is 154 Å². The van der Waals surface area contributed by atoms with Crippen LogP contribution in [0.3, 0.4) is 0 Å². The van der Waals surface area contributed by atoms with Gasteiger partial charge in [0.15, 0.2) is 14.3 Å². The number of hydrogen-bond acceptors (Lipinski definition) is 6. The highest BCUT2D eigenvalue weighted by atomic mass is 32.1. The summed E-state index contributed by atoms with van der Waals surface area (Å²) in [6.45, 7) is 0. The fourth-order valence-corrected chi connectivity index (χ4v) is 35.6. The predicted molar refractivity (Wildman–Crippen MR) is 592 cm³/mol. The first kappa shape index (κ1) is 81.3. The molecule has 140 heavy (non-hydrogen) atoms. The molecule has 21 aromatic carbocycles. The molecule has 31 rings (SSSR count). The zero-order chi connectivity index (χ0) is 92.3. The number of para-hydroxylation sites is 1. The second kappa shape index (κ2) is 31.1. The highest BCUT2D eigenvalue weighted by Gasteiger charge is 2.59. The number of hydrogen-bond donors (Lipinski definition) is 0. The van der Waals surface area contributed by atoms with Crippen LogP contribution < -0.4 is 31.8 Å². The summed E-state index contributed by atoms with van der Waals surface area (Å²) < 4.78 is 37.1. The van der Waals surface area contributed by atoms with Crippen LogP contribution in [0.25, 0.3) is 161 Å². The largest absolute Gasteiger partial charge is 0.309 e. The fourth-order valence-electron chi connectivity index (χ4n) is 25.5. The van der Waals surface area contributed by atoms with Gasteiger partial charge in [0.1, 0.15) is 0 Å². The zero-order valence-corrected chi connectivity index (χ0v) is 79.9. The van der Waals surface area contributed by atoms with E-state index in [1.54, 1.807) is 0 Å². The molecule has 2 atom stereocenters. The van der Waals surface area contributed by atoms with Gasteiger partial charge in [-0.1, -0.05) is 449 Å². The third-order valence-corrected chi connectivity index (χ3v) is 40.9. The molecule has 3 spiro atoms. The highest BCUT2D eigenvalue weighted by molar-refractivity contribution is 7.86. The van der Waals surface area contributed by atoms with Crippen molar-refractivity contribution in [3.05, 3.63) is 558 Å². The van der Waals surface area contributed by atoms with Gasteiger partial charge in [0, 0.05) is 71.5 Å². The molecule has 6 aliphatic rings.